The number of fused-ring (bicyclic) bond motifs is 1. The number of nitro groups is 1. The van der Waals surface area contributed by atoms with Crippen molar-refractivity contribution >= 4 is 11.5 Å². The summed E-state index contributed by atoms with van der Waals surface area (Å²) < 4.78 is 16.1. The number of nitrogens with zero attached hydrogens (tertiary/aromatic N) is 1. The van der Waals surface area contributed by atoms with Crippen LogP contribution in [0.3, 0.4) is 0 Å². The number of rotatable bonds is 4. The topological polar surface area (TPSA) is 87.9 Å². The quantitative estimate of drug-likeness (QED) is 0.476. The minimum atomic E-state index is -0.969. The van der Waals surface area contributed by atoms with E-state index in [1.807, 2.05) is 0 Å². The lowest BCUT2D eigenvalue weighted by molar-refractivity contribution is -0.384. The van der Waals surface area contributed by atoms with Crippen molar-refractivity contribution in [3.05, 3.63) is 33.9 Å². The van der Waals surface area contributed by atoms with Crippen molar-refractivity contribution in [2.45, 2.75) is 25.2 Å². The summed E-state index contributed by atoms with van der Waals surface area (Å²) in [5.74, 6) is 0.0602. The lowest BCUT2D eigenvalue weighted by Crippen LogP contribution is -2.50. The van der Waals surface area contributed by atoms with E-state index in [-0.39, 0.29) is 23.5 Å². The first kappa shape index (κ1) is 14.4. The maximum Gasteiger partial charge on any atom is 0.270 e. The molecule has 7 nitrogen and oxygen atoms in total. The Bertz CT molecular complexity index is 554. The molecular formula is C13H15NO6. The van der Waals surface area contributed by atoms with Gasteiger partial charge in [0.05, 0.1) is 16.9 Å². The van der Waals surface area contributed by atoms with Crippen molar-refractivity contribution in [3.63, 3.8) is 0 Å². The molecule has 0 fully saturated rings. The van der Waals surface area contributed by atoms with Crippen LogP contribution >= 0.6 is 0 Å². The number of ether oxygens (including phenoxy) is 3. The number of Topliss-reactive ketones (excluding diaryl/α,β-unsaturated/α-hetero) is 1. The van der Waals surface area contributed by atoms with E-state index < -0.39 is 16.8 Å². The van der Waals surface area contributed by atoms with Crippen molar-refractivity contribution < 1.29 is 23.9 Å². The van der Waals surface area contributed by atoms with Crippen LogP contribution in [-0.2, 0) is 9.47 Å². The molecule has 0 saturated carbocycles. The summed E-state index contributed by atoms with van der Waals surface area (Å²) >= 11 is 0. The second-order valence-electron chi connectivity index (χ2n) is 4.76. The van der Waals surface area contributed by atoms with Gasteiger partial charge in [-0.25, -0.2) is 0 Å². The largest absolute Gasteiger partial charge is 0.481 e. The van der Waals surface area contributed by atoms with Crippen LogP contribution < -0.4 is 4.74 Å². The van der Waals surface area contributed by atoms with Gasteiger partial charge in [0, 0.05) is 26.4 Å². The highest BCUT2D eigenvalue weighted by Gasteiger charge is 2.44. The fraction of sp³-hybridized carbons (Fsp3) is 0.462. The fourth-order valence-electron chi connectivity index (χ4n) is 2.37. The van der Waals surface area contributed by atoms with Gasteiger partial charge in [0.25, 0.3) is 5.69 Å². The van der Waals surface area contributed by atoms with E-state index in [1.165, 1.54) is 32.4 Å². The Morgan fingerprint density at radius 3 is 2.60 bits per heavy atom. The van der Waals surface area contributed by atoms with Crippen LogP contribution in [0.5, 0.6) is 5.75 Å². The van der Waals surface area contributed by atoms with Gasteiger partial charge in [-0.3, -0.25) is 14.9 Å². The molecule has 0 saturated heterocycles. The van der Waals surface area contributed by atoms with Gasteiger partial charge in [-0.2, -0.15) is 0 Å². The zero-order valence-electron chi connectivity index (χ0n) is 11.4. The maximum absolute atomic E-state index is 12.2. The van der Waals surface area contributed by atoms with E-state index in [1.54, 1.807) is 6.92 Å². The number of carbonyl (C=O) groups excluding carboxylic acids is 1. The zero-order valence-corrected chi connectivity index (χ0v) is 11.4. The van der Waals surface area contributed by atoms with Gasteiger partial charge in [-0.15, -0.1) is 0 Å². The summed E-state index contributed by atoms with van der Waals surface area (Å²) in [6, 6.07) is 3.95. The molecule has 0 N–H and O–H groups in total. The smallest absolute Gasteiger partial charge is 0.270 e. The van der Waals surface area contributed by atoms with E-state index in [0.29, 0.717) is 5.75 Å². The van der Waals surface area contributed by atoms with Crippen molar-refractivity contribution in [2.75, 3.05) is 14.2 Å². The molecule has 0 aliphatic carbocycles. The van der Waals surface area contributed by atoms with Gasteiger partial charge >= 0.3 is 0 Å². The van der Waals surface area contributed by atoms with Crippen LogP contribution in [-0.4, -0.2) is 36.8 Å². The summed E-state index contributed by atoms with van der Waals surface area (Å²) in [4.78, 5) is 22.4. The third-order valence-corrected chi connectivity index (χ3v) is 3.26. The molecule has 0 bridgehead atoms. The Hall–Kier alpha value is -1.99. The Morgan fingerprint density at radius 2 is 2.05 bits per heavy atom. The van der Waals surface area contributed by atoms with Gasteiger partial charge in [0.2, 0.25) is 0 Å². The first-order chi connectivity index (χ1) is 9.41. The fourth-order valence-corrected chi connectivity index (χ4v) is 2.37. The standard InChI is InChI=1S/C13H15NO6/c1-13(12(18-2)19-3)7-10(15)9-6-8(14(16)17)4-5-11(9)20-13/h4-6,12H,7H2,1-3H3. The van der Waals surface area contributed by atoms with E-state index in [0.717, 1.165) is 0 Å². The summed E-state index contributed by atoms with van der Waals surface area (Å²) in [5.41, 5.74) is -0.897. The summed E-state index contributed by atoms with van der Waals surface area (Å²) in [7, 11) is 2.91. The molecule has 20 heavy (non-hydrogen) atoms. The Balaban J connectivity index is 2.40. The highest BCUT2D eigenvalue weighted by Crippen LogP contribution is 2.37. The third-order valence-electron chi connectivity index (χ3n) is 3.26. The summed E-state index contributed by atoms with van der Waals surface area (Å²) in [6.07, 6.45) is -0.692. The molecule has 0 amide bonds. The molecule has 1 unspecified atom stereocenters. The first-order valence-electron chi connectivity index (χ1n) is 5.97. The number of ketones is 1. The van der Waals surface area contributed by atoms with Gasteiger partial charge < -0.3 is 14.2 Å². The highest BCUT2D eigenvalue weighted by atomic mass is 16.7. The predicted molar refractivity (Wildman–Crippen MR) is 68.9 cm³/mol. The number of non-ortho nitro benzene ring substituents is 1. The minimum Gasteiger partial charge on any atom is -0.481 e. The highest BCUT2D eigenvalue weighted by molar-refractivity contribution is 6.01. The number of nitro benzene ring substituents is 1. The lowest BCUT2D eigenvalue weighted by Gasteiger charge is -2.38. The van der Waals surface area contributed by atoms with Crippen LogP contribution in [0.2, 0.25) is 0 Å². The predicted octanol–water partition coefficient (Wildman–Crippen LogP) is 1.94. The van der Waals surface area contributed by atoms with Crippen LogP contribution in [0, 0.1) is 10.1 Å². The molecule has 1 aromatic carbocycles. The molecule has 1 atom stereocenters. The van der Waals surface area contributed by atoms with Gasteiger partial charge in [0.15, 0.2) is 17.7 Å². The Labute approximate surface area is 115 Å². The number of hydrogen-bond donors (Lipinski definition) is 0. The van der Waals surface area contributed by atoms with E-state index in [4.69, 9.17) is 14.2 Å². The molecule has 1 aliphatic heterocycles. The second kappa shape index (κ2) is 5.18. The summed E-state index contributed by atoms with van der Waals surface area (Å²) in [6.45, 7) is 1.70. The minimum absolute atomic E-state index is 0.0213. The molecule has 1 aliphatic rings. The van der Waals surface area contributed by atoms with E-state index in [2.05, 4.69) is 0 Å². The van der Waals surface area contributed by atoms with Crippen molar-refractivity contribution in [1.82, 2.24) is 0 Å². The van der Waals surface area contributed by atoms with Gasteiger partial charge in [-0.05, 0) is 13.0 Å². The number of benzene rings is 1. The molecule has 1 heterocycles. The SMILES string of the molecule is COC(OC)C1(C)CC(=O)c2cc([N+](=O)[O-])ccc2O1. The molecule has 0 radical (unpaired) electrons. The number of hydrogen-bond acceptors (Lipinski definition) is 6. The maximum atomic E-state index is 12.2. The third kappa shape index (κ3) is 2.37. The van der Waals surface area contributed by atoms with Crippen molar-refractivity contribution in [3.8, 4) is 5.75 Å². The Morgan fingerprint density at radius 1 is 1.40 bits per heavy atom. The summed E-state index contributed by atoms with van der Waals surface area (Å²) in [5, 5.41) is 10.7. The molecule has 2 rings (SSSR count). The molecule has 1 aromatic rings. The van der Waals surface area contributed by atoms with E-state index >= 15 is 0 Å². The average Bonchev–Trinajstić information content (AvgIpc) is 2.39. The molecule has 7 heteroatoms. The normalized spacial score (nSPS) is 21.5. The first-order valence-corrected chi connectivity index (χ1v) is 5.97. The van der Waals surface area contributed by atoms with Gasteiger partial charge in [0.1, 0.15) is 5.75 Å². The zero-order chi connectivity index (χ0) is 14.9. The Kier molecular flexibility index (Phi) is 3.74. The second-order valence-corrected chi connectivity index (χ2v) is 4.76. The monoisotopic (exact) mass is 281 g/mol. The molecule has 0 spiro atoms. The molecule has 0 aromatic heterocycles. The van der Waals surface area contributed by atoms with Crippen LogP contribution in [0.15, 0.2) is 18.2 Å². The number of methoxy groups -OCH3 is 2. The van der Waals surface area contributed by atoms with Crippen molar-refractivity contribution in [2.24, 2.45) is 0 Å². The van der Waals surface area contributed by atoms with E-state index in [9.17, 15) is 14.9 Å². The molecule has 108 valence electrons. The van der Waals surface area contributed by atoms with Crippen LogP contribution in [0.25, 0.3) is 0 Å². The van der Waals surface area contributed by atoms with Crippen LogP contribution in [0.1, 0.15) is 23.7 Å². The molecular weight excluding hydrogens is 266 g/mol. The van der Waals surface area contributed by atoms with Gasteiger partial charge in [-0.1, -0.05) is 0 Å². The average molecular weight is 281 g/mol. The van der Waals surface area contributed by atoms with Crippen molar-refractivity contribution in [1.29, 1.82) is 0 Å². The number of carbonyl (C=O) groups is 1. The lowest BCUT2D eigenvalue weighted by atomic mass is 9.90. The van der Waals surface area contributed by atoms with Crippen LogP contribution in [0.4, 0.5) is 5.69 Å².